The maximum Gasteiger partial charge on any atom is 0.179 e. The summed E-state index contributed by atoms with van der Waals surface area (Å²) >= 11 is 0. The van der Waals surface area contributed by atoms with Crippen molar-refractivity contribution in [2.45, 2.75) is 20.8 Å². The van der Waals surface area contributed by atoms with Crippen LogP contribution in [0.3, 0.4) is 0 Å². The summed E-state index contributed by atoms with van der Waals surface area (Å²) in [5.74, 6) is 0.0262. The van der Waals surface area contributed by atoms with Crippen molar-refractivity contribution < 1.29 is 4.79 Å². The molecule has 0 N–H and O–H groups in total. The summed E-state index contributed by atoms with van der Waals surface area (Å²) in [6, 6.07) is 8.20. The molecule has 0 bridgehead atoms. The highest BCUT2D eigenvalue weighted by Gasteiger charge is 2.07. The van der Waals surface area contributed by atoms with Crippen LogP contribution in [-0.2, 0) is 4.79 Å². The number of allylic oxidation sites excluding steroid dienone is 4. The van der Waals surface area contributed by atoms with Crippen LogP contribution in [0.1, 0.15) is 20.8 Å². The molecule has 0 radical (unpaired) electrons. The summed E-state index contributed by atoms with van der Waals surface area (Å²) in [6.07, 6.45) is 4.94. The van der Waals surface area contributed by atoms with Gasteiger partial charge in [0, 0.05) is 18.8 Å². The van der Waals surface area contributed by atoms with Crippen LogP contribution in [-0.4, -0.2) is 24.6 Å². The molecule has 0 heterocycles. The molecule has 2 rings (SSSR count). The minimum absolute atomic E-state index is 0.0262. The molecule has 3 heteroatoms. The molecule has 0 aromatic heterocycles. The third-order valence-corrected chi connectivity index (χ3v) is 3.40. The molecule has 1 aromatic rings. The highest BCUT2D eigenvalue weighted by Crippen LogP contribution is 2.21. The molecular weight excluding hydrogens is 248 g/mol. The second-order valence-electron chi connectivity index (χ2n) is 4.75. The minimum Gasteiger partial charge on any atom is -0.372 e. The second-order valence-corrected chi connectivity index (χ2v) is 4.75. The van der Waals surface area contributed by atoms with Crippen molar-refractivity contribution in [3.8, 4) is 0 Å². The molecule has 0 atom stereocenters. The number of benzene rings is 1. The first kappa shape index (κ1) is 14.3. The van der Waals surface area contributed by atoms with Gasteiger partial charge < -0.3 is 4.90 Å². The third-order valence-electron chi connectivity index (χ3n) is 3.40. The lowest BCUT2D eigenvalue weighted by Gasteiger charge is -2.20. The van der Waals surface area contributed by atoms with Crippen LogP contribution in [0.15, 0.2) is 53.1 Å². The molecule has 0 fully saturated rings. The molecule has 20 heavy (non-hydrogen) atoms. The second kappa shape index (κ2) is 6.33. The number of hydrogen-bond acceptors (Lipinski definition) is 3. The van der Waals surface area contributed by atoms with Gasteiger partial charge in [0.25, 0.3) is 0 Å². The average molecular weight is 268 g/mol. The first-order valence-corrected chi connectivity index (χ1v) is 6.98. The van der Waals surface area contributed by atoms with E-state index in [1.807, 2.05) is 19.1 Å². The molecule has 1 aromatic carbocycles. The Morgan fingerprint density at radius 2 is 1.70 bits per heavy atom. The number of hydrogen-bond donors (Lipinski definition) is 0. The van der Waals surface area contributed by atoms with Crippen LogP contribution in [0.4, 0.5) is 11.4 Å². The molecule has 0 amide bonds. The van der Waals surface area contributed by atoms with Gasteiger partial charge in [-0.3, -0.25) is 4.79 Å². The molecule has 0 spiro atoms. The summed E-state index contributed by atoms with van der Waals surface area (Å²) < 4.78 is 0. The van der Waals surface area contributed by atoms with E-state index in [-0.39, 0.29) is 5.78 Å². The van der Waals surface area contributed by atoms with Gasteiger partial charge in [0.2, 0.25) is 0 Å². The van der Waals surface area contributed by atoms with Gasteiger partial charge in [-0.15, -0.1) is 0 Å². The van der Waals surface area contributed by atoms with E-state index in [0.29, 0.717) is 0 Å². The maximum absolute atomic E-state index is 11.2. The zero-order valence-corrected chi connectivity index (χ0v) is 12.3. The molecule has 0 aliphatic heterocycles. The molecule has 0 saturated carbocycles. The van der Waals surface area contributed by atoms with Gasteiger partial charge in [-0.2, -0.15) is 0 Å². The number of carbonyl (C=O) groups excluding carboxylic acids is 1. The van der Waals surface area contributed by atoms with E-state index in [1.165, 1.54) is 5.69 Å². The fourth-order valence-electron chi connectivity index (χ4n) is 2.22. The van der Waals surface area contributed by atoms with E-state index >= 15 is 0 Å². The van der Waals surface area contributed by atoms with Gasteiger partial charge in [-0.05, 0) is 68.8 Å². The van der Waals surface area contributed by atoms with Crippen LogP contribution >= 0.6 is 0 Å². The Balaban J connectivity index is 2.21. The van der Waals surface area contributed by atoms with Gasteiger partial charge >= 0.3 is 0 Å². The third kappa shape index (κ3) is 3.23. The first-order valence-electron chi connectivity index (χ1n) is 6.98. The molecule has 1 aliphatic carbocycles. The van der Waals surface area contributed by atoms with Crippen molar-refractivity contribution >= 4 is 22.9 Å². The van der Waals surface area contributed by atoms with Crippen LogP contribution in [0.5, 0.6) is 0 Å². The Bertz CT molecular complexity index is 576. The molecule has 0 unspecified atom stereocenters. The Labute approximate surface area is 120 Å². The summed E-state index contributed by atoms with van der Waals surface area (Å²) in [6.45, 7) is 8.20. The Morgan fingerprint density at radius 3 is 2.25 bits per heavy atom. The lowest BCUT2D eigenvalue weighted by Crippen LogP contribution is -2.21. The number of aliphatic imine (C=N–C) groups is 1. The standard InChI is InChI=1S/C17H20N2O/c1-4-19(5-2)15-8-6-14(7-9-15)18-17-11-10-16(20)12-13(17)3/h6-12H,4-5H2,1-3H3. The van der Waals surface area contributed by atoms with Crippen molar-refractivity contribution in [3.05, 3.63) is 48.1 Å². The van der Waals surface area contributed by atoms with Crippen molar-refractivity contribution in [1.29, 1.82) is 0 Å². The van der Waals surface area contributed by atoms with Crippen molar-refractivity contribution in [3.63, 3.8) is 0 Å². The van der Waals surface area contributed by atoms with E-state index in [0.717, 1.165) is 30.1 Å². The van der Waals surface area contributed by atoms with E-state index < -0.39 is 0 Å². The SMILES string of the molecule is CCN(CC)c1ccc(N=C2C=CC(=O)C=C2C)cc1. The fourth-order valence-corrected chi connectivity index (χ4v) is 2.22. The summed E-state index contributed by atoms with van der Waals surface area (Å²) in [5, 5.41) is 0. The number of anilines is 1. The lowest BCUT2D eigenvalue weighted by atomic mass is 10.0. The predicted molar refractivity (Wildman–Crippen MR) is 85.0 cm³/mol. The monoisotopic (exact) mass is 268 g/mol. The Hall–Kier alpha value is -2.16. The van der Waals surface area contributed by atoms with E-state index in [2.05, 4.69) is 35.9 Å². The van der Waals surface area contributed by atoms with E-state index in [9.17, 15) is 4.79 Å². The Kier molecular flexibility index (Phi) is 4.51. The largest absolute Gasteiger partial charge is 0.372 e. The topological polar surface area (TPSA) is 32.7 Å². The zero-order chi connectivity index (χ0) is 14.5. The molecule has 0 saturated heterocycles. The minimum atomic E-state index is 0.0262. The summed E-state index contributed by atoms with van der Waals surface area (Å²) in [7, 11) is 0. The van der Waals surface area contributed by atoms with Crippen LogP contribution in [0.25, 0.3) is 0 Å². The number of ketones is 1. The normalized spacial score (nSPS) is 16.4. The number of carbonyl (C=O) groups is 1. The quantitative estimate of drug-likeness (QED) is 0.780. The number of rotatable bonds is 4. The fraction of sp³-hybridized carbons (Fsp3) is 0.294. The van der Waals surface area contributed by atoms with Gasteiger partial charge in [0.05, 0.1) is 11.4 Å². The van der Waals surface area contributed by atoms with E-state index in [1.54, 1.807) is 18.2 Å². The number of nitrogens with zero attached hydrogens (tertiary/aromatic N) is 2. The van der Waals surface area contributed by atoms with Crippen molar-refractivity contribution in [2.24, 2.45) is 4.99 Å². The predicted octanol–water partition coefficient (Wildman–Crippen LogP) is 3.69. The van der Waals surface area contributed by atoms with Gasteiger partial charge in [0.1, 0.15) is 0 Å². The Morgan fingerprint density at radius 1 is 1.05 bits per heavy atom. The van der Waals surface area contributed by atoms with Gasteiger partial charge in [0.15, 0.2) is 5.78 Å². The molecule has 3 nitrogen and oxygen atoms in total. The molecular formula is C17H20N2O. The highest BCUT2D eigenvalue weighted by molar-refractivity contribution is 6.19. The smallest absolute Gasteiger partial charge is 0.179 e. The summed E-state index contributed by atoms with van der Waals surface area (Å²) in [5.41, 5.74) is 3.87. The average Bonchev–Trinajstić information content (AvgIpc) is 2.45. The van der Waals surface area contributed by atoms with Crippen LogP contribution in [0, 0.1) is 0 Å². The zero-order valence-electron chi connectivity index (χ0n) is 12.3. The highest BCUT2D eigenvalue weighted by atomic mass is 16.1. The maximum atomic E-state index is 11.2. The van der Waals surface area contributed by atoms with Crippen LogP contribution < -0.4 is 4.90 Å². The van der Waals surface area contributed by atoms with Crippen molar-refractivity contribution in [1.82, 2.24) is 0 Å². The molecule has 1 aliphatic rings. The van der Waals surface area contributed by atoms with Crippen molar-refractivity contribution in [2.75, 3.05) is 18.0 Å². The van der Waals surface area contributed by atoms with Gasteiger partial charge in [-0.1, -0.05) is 0 Å². The summed E-state index contributed by atoms with van der Waals surface area (Å²) in [4.78, 5) is 18.1. The molecule has 104 valence electrons. The van der Waals surface area contributed by atoms with Gasteiger partial charge in [-0.25, -0.2) is 4.99 Å². The van der Waals surface area contributed by atoms with Crippen LogP contribution in [0.2, 0.25) is 0 Å². The van der Waals surface area contributed by atoms with E-state index in [4.69, 9.17) is 0 Å². The lowest BCUT2D eigenvalue weighted by molar-refractivity contribution is -0.110. The first-order chi connectivity index (χ1) is 9.63.